The van der Waals surface area contributed by atoms with Crippen LogP contribution in [-0.2, 0) is 10.4 Å². The highest BCUT2D eigenvalue weighted by molar-refractivity contribution is 6.30. The Morgan fingerprint density at radius 2 is 1.74 bits per heavy atom. The third kappa shape index (κ3) is 3.09. The second-order valence-electron chi connectivity index (χ2n) is 7.66. The minimum Gasteiger partial charge on any atom is -0.492 e. The first-order valence-electron chi connectivity index (χ1n) is 10.1. The van der Waals surface area contributed by atoms with Crippen LogP contribution < -0.4 is 9.64 Å². The molecule has 1 aliphatic heterocycles. The second kappa shape index (κ2) is 7.45. The molecule has 2 N–H and O–H groups in total. The van der Waals surface area contributed by atoms with Crippen molar-refractivity contribution in [2.45, 2.75) is 12.5 Å². The number of hydrogen-bond acceptors (Lipinski definition) is 3. The highest BCUT2D eigenvalue weighted by Crippen LogP contribution is 2.47. The predicted octanol–water partition coefficient (Wildman–Crippen LogP) is 4.79. The number of aromatic nitrogens is 1. The van der Waals surface area contributed by atoms with Gasteiger partial charge in [-0.15, -0.1) is 0 Å². The summed E-state index contributed by atoms with van der Waals surface area (Å²) in [4.78, 5) is 18.6. The fourth-order valence-electron chi connectivity index (χ4n) is 4.43. The van der Waals surface area contributed by atoms with E-state index in [1.165, 1.54) is 0 Å². The molecular formula is C25H21ClN2O3. The van der Waals surface area contributed by atoms with Crippen LogP contribution in [-0.4, -0.2) is 29.1 Å². The minimum absolute atomic E-state index is 0.282. The van der Waals surface area contributed by atoms with E-state index in [0.717, 1.165) is 16.6 Å². The molecule has 156 valence electrons. The monoisotopic (exact) mass is 432 g/mol. The van der Waals surface area contributed by atoms with E-state index >= 15 is 0 Å². The number of nitrogens with zero attached hydrogens (tertiary/aromatic N) is 1. The largest absolute Gasteiger partial charge is 0.492 e. The first-order chi connectivity index (χ1) is 15.0. The molecule has 5 rings (SSSR count). The summed E-state index contributed by atoms with van der Waals surface area (Å²) in [5.41, 5.74) is 1.77. The van der Waals surface area contributed by atoms with E-state index in [4.69, 9.17) is 16.3 Å². The quantitative estimate of drug-likeness (QED) is 0.476. The molecule has 6 heteroatoms. The van der Waals surface area contributed by atoms with Crippen molar-refractivity contribution in [3.63, 3.8) is 0 Å². The number of hydrogen-bond donors (Lipinski definition) is 2. The summed E-state index contributed by atoms with van der Waals surface area (Å²) in [5, 5.41) is 13.4. The average molecular weight is 433 g/mol. The van der Waals surface area contributed by atoms with Crippen molar-refractivity contribution in [2.24, 2.45) is 0 Å². The molecule has 1 atom stereocenters. The number of ether oxygens (including phenoxy) is 1. The van der Waals surface area contributed by atoms with E-state index < -0.39 is 5.60 Å². The van der Waals surface area contributed by atoms with Gasteiger partial charge in [0.15, 0.2) is 5.60 Å². The average Bonchev–Trinajstić information content (AvgIpc) is 3.22. The summed E-state index contributed by atoms with van der Waals surface area (Å²) in [7, 11) is 0. The molecule has 4 aromatic rings. The van der Waals surface area contributed by atoms with Crippen molar-refractivity contribution in [1.82, 2.24) is 4.98 Å². The van der Waals surface area contributed by atoms with Crippen LogP contribution in [0.3, 0.4) is 0 Å². The molecule has 1 amide bonds. The van der Waals surface area contributed by atoms with Crippen LogP contribution in [0.5, 0.6) is 5.75 Å². The van der Waals surface area contributed by atoms with Crippen molar-refractivity contribution < 1.29 is 14.6 Å². The summed E-state index contributed by atoms with van der Waals surface area (Å²) < 4.78 is 5.80. The zero-order chi connectivity index (χ0) is 21.6. The van der Waals surface area contributed by atoms with E-state index in [2.05, 4.69) is 4.98 Å². The molecule has 0 spiro atoms. The normalized spacial score (nSPS) is 17.9. The van der Waals surface area contributed by atoms with Crippen LogP contribution in [0.2, 0.25) is 5.02 Å². The zero-order valence-electron chi connectivity index (χ0n) is 16.9. The summed E-state index contributed by atoms with van der Waals surface area (Å²) >= 11 is 5.92. The van der Waals surface area contributed by atoms with Gasteiger partial charge in [-0.1, -0.05) is 48.0 Å². The first-order valence-corrected chi connectivity index (χ1v) is 10.5. The van der Waals surface area contributed by atoms with Gasteiger partial charge >= 0.3 is 0 Å². The predicted molar refractivity (Wildman–Crippen MR) is 122 cm³/mol. The van der Waals surface area contributed by atoms with Gasteiger partial charge in [0.25, 0.3) is 5.91 Å². The maximum Gasteiger partial charge on any atom is 0.268 e. The van der Waals surface area contributed by atoms with Gasteiger partial charge in [0, 0.05) is 32.7 Å². The van der Waals surface area contributed by atoms with Crippen molar-refractivity contribution >= 4 is 34.1 Å². The van der Waals surface area contributed by atoms with Crippen molar-refractivity contribution in [3.8, 4) is 5.75 Å². The number of fused-ring (bicyclic) bond motifs is 2. The van der Waals surface area contributed by atoms with E-state index in [9.17, 15) is 9.90 Å². The van der Waals surface area contributed by atoms with Gasteiger partial charge in [-0.05, 0) is 43.3 Å². The molecule has 0 radical (unpaired) electrons. The van der Waals surface area contributed by atoms with E-state index in [-0.39, 0.29) is 12.5 Å². The number of nitrogens with one attached hydrogen (secondary N) is 1. The Bertz CT molecular complexity index is 1280. The van der Waals surface area contributed by atoms with E-state index in [1.54, 1.807) is 29.2 Å². The van der Waals surface area contributed by atoms with Gasteiger partial charge in [-0.2, -0.15) is 0 Å². The number of rotatable bonds is 5. The van der Waals surface area contributed by atoms with E-state index in [0.29, 0.717) is 34.1 Å². The van der Waals surface area contributed by atoms with Gasteiger partial charge in [-0.3, -0.25) is 4.79 Å². The Kier molecular flexibility index (Phi) is 4.73. The second-order valence-corrected chi connectivity index (χ2v) is 8.09. The molecule has 1 aromatic heterocycles. The molecule has 3 aromatic carbocycles. The lowest BCUT2D eigenvalue weighted by molar-refractivity contribution is -0.132. The number of amides is 1. The topological polar surface area (TPSA) is 65.6 Å². The minimum atomic E-state index is -1.76. The lowest BCUT2D eigenvalue weighted by Crippen LogP contribution is -2.43. The summed E-state index contributed by atoms with van der Waals surface area (Å²) in [6.07, 6.45) is 0. The number of para-hydroxylation sites is 2. The van der Waals surface area contributed by atoms with Gasteiger partial charge in [0.2, 0.25) is 0 Å². The Morgan fingerprint density at radius 1 is 1.03 bits per heavy atom. The molecule has 1 unspecified atom stereocenters. The maximum absolute atomic E-state index is 13.7. The van der Waals surface area contributed by atoms with Crippen LogP contribution >= 0.6 is 11.6 Å². The van der Waals surface area contributed by atoms with Crippen LogP contribution in [0.1, 0.15) is 16.8 Å². The molecule has 5 nitrogen and oxygen atoms in total. The van der Waals surface area contributed by atoms with Crippen molar-refractivity contribution in [1.29, 1.82) is 0 Å². The molecule has 0 saturated heterocycles. The smallest absolute Gasteiger partial charge is 0.268 e. The molecule has 1 aliphatic rings. The first kappa shape index (κ1) is 19.7. The highest BCUT2D eigenvalue weighted by atomic mass is 35.5. The Hall–Kier alpha value is -3.28. The molecule has 31 heavy (non-hydrogen) atoms. The van der Waals surface area contributed by atoms with Crippen LogP contribution in [0.15, 0.2) is 72.8 Å². The molecule has 0 aliphatic carbocycles. The number of H-pyrrole nitrogens is 1. The fraction of sp³-hybridized carbons (Fsp3) is 0.160. The lowest BCUT2D eigenvalue weighted by atomic mass is 9.85. The molecular weight excluding hydrogens is 412 g/mol. The van der Waals surface area contributed by atoms with Gasteiger partial charge in [0.1, 0.15) is 12.4 Å². The van der Waals surface area contributed by atoms with Gasteiger partial charge in [0.05, 0.1) is 12.2 Å². The van der Waals surface area contributed by atoms with Crippen molar-refractivity contribution in [3.05, 3.63) is 94.6 Å². The maximum atomic E-state index is 13.7. The standard InChI is InChI=1S/C25H21ClN2O3/c1-16-23(19-6-2-4-8-21(19)27-16)25(30)20-7-3-5-9-22(20)28(24(25)29)14-15-31-18-12-10-17(26)11-13-18/h2-13,27,30H,14-15H2,1H3. The third-order valence-electron chi connectivity index (χ3n) is 5.79. The number of aliphatic hydroxyl groups is 1. The Balaban J connectivity index is 1.51. The third-order valence-corrected chi connectivity index (χ3v) is 6.04. The summed E-state index contributed by atoms with van der Waals surface area (Å²) in [6.45, 7) is 2.47. The SMILES string of the molecule is Cc1[nH]c2ccccc2c1C1(O)C(=O)N(CCOc2ccc(Cl)cc2)c2ccccc21. The summed E-state index contributed by atoms with van der Waals surface area (Å²) in [5.74, 6) is 0.299. The molecule has 0 fully saturated rings. The van der Waals surface area contributed by atoms with Crippen LogP contribution in [0.4, 0.5) is 5.69 Å². The number of carbonyl (C=O) groups is 1. The number of aromatic amines is 1. The van der Waals surface area contributed by atoms with Gasteiger partial charge in [-0.25, -0.2) is 0 Å². The lowest BCUT2D eigenvalue weighted by Gasteiger charge is -2.24. The molecule has 2 heterocycles. The zero-order valence-corrected chi connectivity index (χ0v) is 17.7. The number of halogens is 1. The van der Waals surface area contributed by atoms with Gasteiger partial charge < -0.3 is 19.7 Å². The molecule has 0 saturated carbocycles. The number of carbonyl (C=O) groups excluding carboxylic acids is 1. The molecule has 0 bridgehead atoms. The number of anilines is 1. The number of benzene rings is 3. The fourth-order valence-corrected chi connectivity index (χ4v) is 4.55. The Morgan fingerprint density at radius 3 is 2.55 bits per heavy atom. The van der Waals surface area contributed by atoms with Crippen molar-refractivity contribution in [2.75, 3.05) is 18.1 Å². The summed E-state index contributed by atoms with van der Waals surface area (Å²) in [6, 6.07) is 22.2. The Labute approximate surface area is 184 Å². The highest BCUT2D eigenvalue weighted by Gasteiger charge is 2.52. The van der Waals surface area contributed by atoms with Crippen LogP contribution in [0.25, 0.3) is 10.9 Å². The van der Waals surface area contributed by atoms with Crippen LogP contribution in [0, 0.1) is 6.92 Å². The number of aryl methyl sites for hydroxylation is 1. The van der Waals surface area contributed by atoms with E-state index in [1.807, 2.05) is 55.5 Å².